The van der Waals surface area contributed by atoms with Gasteiger partial charge in [0.25, 0.3) is 0 Å². The number of carbonyl (C=O) groups excluding carboxylic acids is 1. The Morgan fingerprint density at radius 2 is 1.81 bits per heavy atom. The Bertz CT molecular complexity index is 821. The molecule has 0 unspecified atom stereocenters. The molecule has 1 aliphatic heterocycles. The Hall–Kier alpha value is -1.40. The zero-order valence-electron chi connectivity index (χ0n) is 15.6. The molecule has 26 heavy (non-hydrogen) atoms. The summed E-state index contributed by atoms with van der Waals surface area (Å²) in [6.45, 7) is 4.78. The lowest BCUT2D eigenvalue weighted by molar-refractivity contribution is -0.119. The first-order chi connectivity index (χ1) is 12.3. The lowest BCUT2D eigenvalue weighted by atomic mass is 9.87. The summed E-state index contributed by atoms with van der Waals surface area (Å²) >= 11 is 0. The Kier molecular flexibility index (Phi) is 4.39. The molecule has 6 heteroatoms. The lowest BCUT2D eigenvalue weighted by Crippen LogP contribution is -2.36. The Labute approximate surface area is 156 Å². The van der Waals surface area contributed by atoms with Crippen molar-refractivity contribution in [2.45, 2.75) is 75.1 Å². The molecular formula is C20H28N2O3S. The van der Waals surface area contributed by atoms with Gasteiger partial charge in [0, 0.05) is 29.6 Å². The fourth-order valence-corrected chi connectivity index (χ4v) is 5.61. The summed E-state index contributed by atoms with van der Waals surface area (Å²) in [5.41, 5.74) is 1.59. The minimum atomic E-state index is -3.53. The van der Waals surface area contributed by atoms with Gasteiger partial charge in [0.2, 0.25) is 15.9 Å². The van der Waals surface area contributed by atoms with Crippen molar-refractivity contribution in [1.29, 1.82) is 0 Å². The van der Waals surface area contributed by atoms with E-state index in [1.807, 2.05) is 11.0 Å². The first-order valence-corrected chi connectivity index (χ1v) is 11.2. The van der Waals surface area contributed by atoms with Crippen molar-refractivity contribution in [2.24, 2.45) is 5.92 Å². The van der Waals surface area contributed by atoms with Gasteiger partial charge in [0.1, 0.15) is 0 Å². The highest BCUT2D eigenvalue weighted by Crippen LogP contribution is 2.44. The zero-order valence-corrected chi connectivity index (χ0v) is 16.4. The van der Waals surface area contributed by atoms with E-state index < -0.39 is 10.0 Å². The van der Waals surface area contributed by atoms with E-state index in [0.717, 1.165) is 49.8 Å². The number of benzene rings is 1. The van der Waals surface area contributed by atoms with Crippen LogP contribution in [-0.4, -0.2) is 26.9 Å². The van der Waals surface area contributed by atoms with Crippen molar-refractivity contribution >= 4 is 21.6 Å². The van der Waals surface area contributed by atoms with E-state index in [-0.39, 0.29) is 23.3 Å². The molecule has 0 spiro atoms. The molecule has 142 valence electrons. The van der Waals surface area contributed by atoms with Gasteiger partial charge in [-0.2, -0.15) is 0 Å². The number of hydrogen-bond acceptors (Lipinski definition) is 3. The molecule has 2 fully saturated rings. The molecular weight excluding hydrogens is 348 g/mol. The molecule has 4 rings (SSSR count). The van der Waals surface area contributed by atoms with Gasteiger partial charge >= 0.3 is 0 Å². The van der Waals surface area contributed by atoms with Crippen LogP contribution in [0.4, 0.5) is 5.69 Å². The van der Waals surface area contributed by atoms with Crippen molar-refractivity contribution in [3.8, 4) is 0 Å². The van der Waals surface area contributed by atoms with Crippen molar-refractivity contribution in [2.75, 3.05) is 11.4 Å². The Balaban J connectivity index is 1.62. The fraction of sp³-hybridized carbons (Fsp3) is 0.650. The van der Waals surface area contributed by atoms with E-state index in [1.54, 1.807) is 12.1 Å². The lowest BCUT2D eigenvalue weighted by Gasteiger charge is -2.23. The van der Waals surface area contributed by atoms with Crippen LogP contribution in [0, 0.1) is 5.92 Å². The van der Waals surface area contributed by atoms with E-state index in [9.17, 15) is 13.2 Å². The maximum atomic E-state index is 12.9. The Morgan fingerprint density at radius 1 is 1.12 bits per heavy atom. The van der Waals surface area contributed by atoms with Crippen LogP contribution < -0.4 is 9.62 Å². The molecule has 1 amide bonds. The van der Waals surface area contributed by atoms with E-state index in [0.29, 0.717) is 11.4 Å². The molecule has 2 saturated carbocycles. The normalized spacial score (nSPS) is 23.1. The average molecular weight is 377 g/mol. The van der Waals surface area contributed by atoms with Crippen LogP contribution in [0.3, 0.4) is 0 Å². The second kappa shape index (κ2) is 6.34. The monoisotopic (exact) mass is 376 g/mol. The number of nitrogens with zero attached hydrogens (tertiary/aromatic N) is 1. The van der Waals surface area contributed by atoms with Crippen LogP contribution in [0.5, 0.6) is 0 Å². The summed E-state index contributed by atoms with van der Waals surface area (Å²) in [5.74, 6) is 0.348. The number of amides is 1. The predicted molar refractivity (Wildman–Crippen MR) is 102 cm³/mol. The van der Waals surface area contributed by atoms with Crippen molar-refractivity contribution in [1.82, 2.24) is 4.72 Å². The van der Waals surface area contributed by atoms with Gasteiger partial charge in [-0.1, -0.05) is 33.1 Å². The van der Waals surface area contributed by atoms with Gasteiger partial charge in [-0.15, -0.1) is 0 Å². The molecule has 0 bridgehead atoms. The third kappa shape index (κ3) is 3.29. The molecule has 1 aromatic carbocycles. The third-order valence-corrected chi connectivity index (χ3v) is 7.49. The SMILES string of the molecule is CC1(C)CN(C(=O)C2CC2)c2ccc(S(=O)(=O)NC3CCCCC3)cc21. The largest absolute Gasteiger partial charge is 0.311 e. The molecule has 1 heterocycles. The maximum Gasteiger partial charge on any atom is 0.240 e. The minimum Gasteiger partial charge on any atom is -0.311 e. The number of rotatable bonds is 4. The van der Waals surface area contributed by atoms with Gasteiger partial charge in [-0.05, 0) is 49.4 Å². The summed E-state index contributed by atoms with van der Waals surface area (Å²) < 4.78 is 28.6. The second-order valence-corrected chi connectivity index (χ2v) is 10.4. The standard InChI is InChI=1S/C20H28N2O3S/c1-20(2)13-22(19(23)14-8-9-14)18-11-10-16(12-17(18)20)26(24,25)21-15-6-4-3-5-7-15/h10-12,14-15,21H,3-9,13H2,1-2H3. The van der Waals surface area contributed by atoms with Crippen LogP contribution in [0.2, 0.25) is 0 Å². The van der Waals surface area contributed by atoms with Gasteiger partial charge in [-0.3, -0.25) is 4.79 Å². The van der Waals surface area contributed by atoms with Gasteiger partial charge < -0.3 is 4.90 Å². The summed E-state index contributed by atoms with van der Waals surface area (Å²) in [6, 6.07) is 5.29. The summed E-state index contributed by atoms with van der Waals surface area (Å²) in [7, 11) is -3.53. The highest BCUT2D eigenvalue weighted by atomic mass is 32.2. The topological polar surface area (TPSA) is 66.5 Å². The highest BCUT2D eigenvalue weighted by Gasteiger charge is 2.43. The summed E-state index contributed by atoms with van der Waals surface area (Å²) in [4.78, 5) is 14.8. The third-order valence-electron chi connectivity index (χ3n) is 5.97. The smallest absolute Gasteiger partial charge is 0.240 e. The van der Waals surface area contributed by atoms with Gasteiger partial charge in [0.15, 0.2) is 0 Å². The summed E-state index contributed by atoms with van der Waals surface area (Å²) in [6.07, 6.45) is 7.14. The van der Waals surface area contributed by atoms with E-state index in [4.69, 9.17) is 0 Å². The van der Waals surface area contributed by atoms with Crippen molar-refractivity contribution in [3.63, 3.8) is 0 Å². The summed E-state index contributed by atoms with van der Waals surface area (Å²) in [5, 5.41) is 0. The molecule has 0 saturated heterocycles. The number of fused-ring (bicyclic) bond motifs is 1. The van der Waals surface area contributed by atoms with Crippen molar-refractivity contribution in [3.05, 3.63) is 23.8 Å². The molecule has 0 radical (unpaired) electrons. The van der Waals surface area contributed by atoms with E-state index in [2.05, 4.69) is 18.6 Å². The molecule has 3 aliphatic rings. The molecule has 0 aromatic heterocycles. The van der Waals surface area contributed by atoms with Crippen LogP contribution in [0.15, 0.2) is 23.1 Å². The molecule has 5 nitrogen and oxygen atoms in total. The molecule has 1 aromatic rings. The van der Waals surface area contributed by atoms with E-state index in [1.165, 1.54) is 6.42 Å². The van der Waals surface area contributed by atoms with Crippen LogP contribution in [-0.2, 0) is 20.2 Å². The predicted octanol–water partition coefficient (Wildman–Crippen LogP) is 3.33. The second-order valence-electron chi connectivity index (χ2n) is 8.72. The van der Waals surface area contributed by atoms with E-state index >= 15 is 0 Å². The number of carbonyl (C=O) groups is 1. The average Bonchev–Trinajstić information content (AvgIpc) is 3.40. The van der Waals surface area contributed by atoms with Gasteiger partial charge in [-0.25, -0.2) is 13.1 Å². The van der Waals surface area contributed by atoms with Crippen LogP contribution in [0.25, 0.3) is 0 Å². The minimum absolute atomic E-state index is 0.0444. The number of anilines is 1. The Morgan fingerprint density at radius 3 is 2.46 bits per heavy atom. The number of sulfonamides is 1. The highest BCUT2D eigenvalue weighted by molar-refractivity contribution is 7.89. The number of nitrogens with one attached hydrogen (secondary N) is 1. The molecule has 2 aliphatic carbocycles. The van der Waals surface area contributed by atoms with Crippen molar-refractivity contribution < 1.29 is 13.2 Å². The first kappa shape index (κ1) is 18.0. The first-order valence-electron chi connectivity index (χ1n) is 9.76. The zero-order chi connectivity index (χ0) is 18.5. The number of hydrogen-bond donors (Lipinski definition) is 1. The van der Waals surface area contributed by atoms with Gasteiger partial charge in [0.05, 0.1) is 4.90 Å². The fourth-order valence-electron chi connectivity index (χ4n) is 4.28. The van der Waals surface area contributed by atoms with Crippen LogP contribution >= 0.6 is 0 Å². The molecule has 1 N–H and O–H groups in total. The van der Waals surface area contributed by atoms with Crippen LogP contribution in [0.1, 0.15) is 64.4 Å². The molecule has 0 atom stereocenters. The maximum absolute atomic E-state index is 12.9. The quantitative estimate of drug-likeness (QED) is 0.876.